The molecule has 5 heteroatoms. The minimum absolute atomic E-state index is 0.0120. The maximum absolute atomic E-state index is 11.9. The van der Waals surface area contributed by atoms with E-state index in [1.54, 1.807) is 24.3 Å². The van der Waals surface area contributed by atoms with E-state index in [-0.39, 0.29) is 31.0 Å². The SMILES string of the molecule is CC(C)NC(=O)CNC(=O)c1cccc(C#CCCO)c1. The number of carbonyl (C=O) groups excluding carboxylic acids is 2. The Hall–Kier alpha value is -2.32. The summed E-state index contributed by atoms with van der Waals surface area (Å²) < 4.78 is 0. The molecular formula is C16H20N2O3. The van der Waals surface area contributed by atoms with Crippen LogP contribution in [0.25, 0.3) is 0 Å². The van der Waals surface area contributed by atoms with Crippen LogP contribution in [-0.2, 0) is 4.79 Å². The Bertz CT molecular complexity index is 556. The number of nitrogens with one attached hydrogen (secondary N) is 2. The molecule has 5 nitrogen and oxygen atoms in total. The smallest absolute Gasteiger partial charge is 0.251 e. The standard InChI is InChI=1S/C16H20N2O3/c1-12(2)18-15(20)11-17-16(21)14-8-5-7-13(10-14)6-3-4-9-19/h5,7-8,10,12,19H,4,9,11H2,1-2H3,(H,17,21)(H,18,20). The molecule has 1 aromatic carbocycles. The number of aliphatic hydroxyl groups excluding tert-OH is 1. The largest absolute Gasteiger partial charge is 0.395 e. The van der Waals surface area contributed by atoms with Crippen LogP contribution in [0.4, 0.5) is 0 Å². The van der Waals surface area contributed by atoms with Crippen molar-refractivity contribution in [3.8, 4) is 11.8 Å². The van der Waals surface area contributed by atoms with Crippen LogP contribution < -0.4 is 10.6 Å². The number of hydrogen-bond acceptors (Lipinski definition) is 3. The lowest BCUT2D eigenvalue weighted by Gasteiger charge is -2.09. The highest BCUT2D eigenvalue weighted by atomic mass is 16.2. The van der Waals surface area contributed by atoms with Crippen molar-refractivity contribution in [3.63, 3.8) is 0 Å². The summed E-state index contributed by atoms with van der Waals surface area (Å²) in [6, 6.07) is 6.87. The number of rotatable bonds is 5. The first-order chi connectivity index (χ1) is 10.0. The molecule has 0 aliphatic rings. The van der Waals surface area contributed by atoms with E-state index in [4.69, 9.17) is 5.11 Å². The lowest BCUT2D eigenvalue weighted by molar-refractivity contribution is -0.120. The summed E-state index contributed by atoms with van der Waals surface area (Å²) in [4.78, 5) is 23.4. The predicted molar refractivity (Wildman–Crippen MR) is 80.6 cm³/mol. The zero-order chi connectivity index (χ0) is 15.7. The van der Waals surface area contributed by atoms with Gasteiger partial charge in [-0.2, -0.15) is 0 Å². The molecule has 0 fully saturated rings. The van der Waals surface area contributed by atoms with Crippen LogP contribution in [-0.4, -0.2) is 36.1 Å². The van der Waals surface area contributed by atoms with Crippen LogP contribution >= 0.6 is 0 Å². The lowest BCUT2D eigenvalue weighted by atomic mass is 10.1. The molecule has 0 radical (unpaired) electrons. The average molecular weight is 288 g/mol. The monoisotopic (exact) mass is 288 g/mol. The second-order valence-corrected chi connectivity index (χ2v) is 4.76. The summed E-state index contributed by atoms with van der Waals surface area (Å²) in [5, 5.41) is 13.9. The van der Waals surface area contributed by atoms with Gasteiger partial charge in [-0.3, -0.25) is 9.59 Å². The Labute approximate surface area is 124 Å². The highest BCUT2D eigenvalue weighted by Gasteiger charge is 2.08. The Kier molecular flexibility index (Phi) is 6.99. The van der Waals surface area contributed by atoms with Crippen molar-refractivity contribution in [2.45, 2.75) is 26.3 Å². The minimum Gasteiger partial charge on any atom is -0.395 e. The summed E-state index contributed by atoms with van der Waals surface area (Å²) in [5.41, 5.74) is 1.14. The highest BCUT2D eigenvalue weighted by Crippen LogP contribution is 2.04. The first kappa shape index (κ1) is 16.7. The molecule has 1 aromatic rings. The van der Waals surface area contributed by atoms with Crippen LogP contribution in [0.15, 0.2) is 24.3 Å². The number of carbonyl (C=O) groups is 2. The molecule has 21 heavy (non-hydrogen) atoms. The van der Waals surface area contributed by atoms with Gasteiger partial charge in [0.15, 0.2) is 0 Å². The second kappa shape index (κ2) is 8.77. The molecule has 0 unspecified atom stereocenters. The second-order valence-electron chi connectivity index (χ2n) is 4.76. The fourth-order valence-corrected chi connectivity index (χ4v) is 1.59. The lowest BCUT2D eigenvalue weighted by Crippen LogP contribution is -2.39. The number of aliphatic hydroxyl groups is 1. The van der Waals surface area contributed by atoms with Crippen molar-refractivity contribution in [1.82, 2.24) is 10.6 Å². The maximum Gasteiger partial charge on any atom is 0.251 e. The van der Waals surface area contributed by atoms with E-state index in [9.17, 15) is 9.59 Å². The third-order valence-corrected chi connectivity index (χ3v) is 2.45. The molecule has 0 aliphatic heterocycles. The van der Waals surface area contributed by atoms with E-state index in [2.05, 4.69) is 22.5 Å². The van der Waals surface area contributed by atoms with Gasteiger partial charge in [0.05, 0.1) is 13.2 Å². The van der Waals surface area contributed by atoms with Crippen molar-refractivity contribution in [1.29, 1.82) is 0 Å². The highest BCUT2D eigenvalue weighted by molar-refractivity contribution is 5.96. The molecule has 0 spiro atoms. The van der Waals surface area contributed by atoms with E-state index in [1.165, 1.54) is 0 Å². The molecule has 0 aromatic heterocycles. The van der Waals surface area contributed by atoms with E-state index in [0.29, 0.717) is 17.5 Å². The van der Waals surface area contributed by atoms with Gasteiger partial charge in [0.1, 0.15) is 0 Å². The number of benzene rings is 1. The zero-order valence-electron chi connectivity index (χ0n) is 12.3. The van der Waals surface area contributed by atoms with Crippen LogP contribution in [0.2, 0.25) is 0 Å². The molecular weight excluding hydrogens is 268 g/mol. The maximum atomic E-state index is 11.9. The molecule has 0 saturated heterocycles. The Morgan fingerprint density at radius 3 is 2.76 bits per heavy atom. The van der Waals surface area contributed by atoms with Crippen LogP contribution in [0.5, 0.6) is 0 Å². The van der Waals surface area contributed by atoms with E-state index < -0.39 is 0 Å². The minimum atomic E-state index is -0.320. The van der Waals surface area contributed by atoms with Gasteiger partial charge in [0, 0.05) is 23.6 Å². The van der Waals surface area contributed by atoms with E-state index in [1.807, 2.05) is 13.8 Å². The third-order valence-electron chi connectivity index (χ3n) is 2.45. The average Bonchev–Trinajstić information content (AvgIpc) is 2.44. The first-order valence-corrected chi connectivity index (χ1v) is 6.80. The fourth-order valence-electron chi connectivity index (χ4n) is 1.59. The van der Waals surface area contributed by atoms with Crippen molar-refractivity contribution in [2.24, 2.45) is 0 Å². The fraction of sp³-hybridized carbons (Fsp3) is 0.375. The van der Waals surface area contributed by atoms with Gasteiger partial charge in [-0.1, -0.05) is 17.9 Å². The summed E-state index contributed by atoms with van der Waals surface area (Å²) >= 11 is 0. The van der Waals surface area contributed by atoms with Gasteiger partial charge < -0.3 is 15.7 Å². The molecule has 3 N–H and O–H groups in total. The number of hydrogen-bond donors (Lipinski definition) is 3. The predicted octanol–water partition coefficient (Wildman–Crippen LogP) is 0.675. The van der Waals surface area contributed by atoms with E-state index in [0.717, 1.165) is 0 Å². The molecule has 2 amide bonds. The Morgan fingerprint density at radius 2 is 2.10 bits per heavy atom. The van der Waals surface area contributed by atoms with Gasteiger partial charge in [0.25, 0.3) is 5.91 Å². The van der Waals surface area contributed by atoms with E-state index >= 15 is 0 Å². The van der Waals surface area contributed by atoms with Gasteiger partial charge >= 0.3 is 0 Å². The molecule has 0 bridgehead atoms. The summed E-state index contributed by atoms with van der Waals surface area (Å²) in [6.07, 6.45) is 0.395. The van der Waals surface area contributed by atoms with Gasteiger partial charge in [-0.25, -0.2) is 0 Å². The van der Waals surface area contributed by atoms with Crippen LogP contribution in [0.3, 0.4) is 0 Å². The molecule has 0 saturated carbocycles. The van der Waals surface area contributed by atoms with Gasteiger partial charge in [-0.15, -0.1) is 0 Å². The summed E-state index contributed by atoms with van der Waals surface area (Å²) in [7, 11) is 0. The van der Waals surface area contributed by atoms with Gasteiger partial charge in [0.2, 0.25) is 5.91 Å². The molecule has 112 valence electrons. The zero-order valence-corrected chi connectivity index (χ0v) is 12.3. The molecule has 1 rings (SSSR count). The first-order valence-electron chi connectivity index (χ1n) is 6.80. The van der Waals surface area contributed by atoms with Crippen molar-refractivity contribution in [2.75, 3.05) is 13.2 Å². The van der Waals surface area contributed by atoms with Crippen molar-refractivity contribution >= 4 is 11.8 Å². The van der Waals surface area contributed by atoms with Crippen LogP contribution in [0.1, 0.15) is 36.2 Å². The quantitative estimate of drug-likeness (QED) is 0.697. The summed E-state index contributed by atoms with van der Waals surface area (Å²) in [6.45, 7) is 3.66. The molecule has 0 aliphatic carbocycles. The molecule has 0 heterocycles. The van der Waals surface area contributed by atoms with Crippen LogP contribution in [0, 0.1) is 11.8 Å². The number of amides is 2. The third kappa shape index (κ3) is 6.59. The topological polar surface area (TPSA) is 78.4 Å². The Balaban J connectivity index is 2.61. The van der Waals surface area contributed by atoms with Crippen molar-refractivity contribution in [3.05, 3.63) is 35.4 Å². The molecule has 0 atom stereocenters. The normalized spacial score (nSPS) is 9.71. The summed E-state index contributed by atoms with van der Waals surface area (Å²) in [5.74, 6) is 5.11. The Morgan fingerprint density at radius 1 is 1.33 bits per heavy atom. The van der Waals surface area contributed by atoms with Crippen molar-refractivity contribution < 1.29 is 14.7 Å². The van der Waals surface area contributed by atoms with Gasteiger partial charge in [-0.05, 0) is 32.0 Å².